The molecule has 394 valence electrons. The molecule has 0 saturated carbocycles. The van der Waals surface area contributed by atoms with Crippen molar-refractivity contribution >= 4 is 30.2 Å². The van der Waals surface area contributed by atoms with E-state index in [1.807, 2.05) is 19.1 Å². The molecule has 3 aliphatic heterocycles. The van der Waals surface area contributed by atoms with Gasteiger partial charge in [-0.3, -0.25) is 0 Å². The van der Waals surface area contributed by atoms with Gasteiger partial charge < -0.3 is 42.6 Å². The third-order valence-electron chi connectivity index (χ3n) is 13.3. The fraction of sp³-hybridized carbons (Fsp3) is 0.873. The summed E-state index contributed by atoms with van der Waals surface area (Å²) in [4.78, 5) is 11.8. The molecule has 3 heterocycles. The number of carbonyl (C=O) groups excluding carboxylic acids is 1. The predicted octanol–water partition coefficient (Wildman–Crippen LogP) is 13.9. The van der Waals surface area contributed by atoms with Crippen molar-refractivity contribution in [2.75, 3.05) is 40.2 Å². The molecule has 0 spiro atoms. The second kappa shape index (κ2) is 34.3. The van der Waals surface area contributed by atoms with Crippen molar-refractivity contribution in [3.63, 3.8) is 0 Å². The van der Waals surface area contributed by atoms with Gasteiger partial charge >= 0.3 is 5.97 Å². The van der Waals surface area contributed by atoms with Crippen LogP contribution in [0.4, 0.5) is 0 Å². The third kappa shape index (κ3) is 29.4. The predicted molar refractivity (Wildman–Crippen MR) is 287 cm³/mol. The van der Waals surface area contributed by atoms with Crippen LogP contribution in [0.5, 0.6) is 0 Å². The van der Waals surface area contributed by atoms with Crippen molar-refractivity contribution in [2.24, 2.45) is 0 Å². The smallest absolute Gasteiger partial charge is 0.334 e. The highest BCUT2D eigenvalue weighted by molar-refractivity contribution is 6.76. The van der Waals surface area contributed by atoms with Crippen LogP contribution in [0, 0.1) is 11.8 Å². The van der Waals surface area contributed by atoms with E-state index in [1.54, 1.807) is 0 Å². The van der Waals surface area contributed by atoms with E-state index < -0.39 is 24.2 Å². The quantitative estimate of drug-likeness (QED) is 0.0195. The highest BCUT2D eigenvalue weighted by Crippen LogP contribution is 2.36. The third-order valence-corrected chi connectivity index (χ3v) is 18.4. The van der Waals surface area contributed by atoms with Crippen molar-refractivity contribution in [2.45, 2.75) is 268 Å². The molecule has 0 bridgehead atoms. The Bertz CT molecular complexity index is 1460. The lowest BCUT2D eigenvalue weighted by Crippen LogP contribution is -2.35. The van der Waals surface area contributed by atoms with Crippen molar-refractivity contribution < 1.29 is 47.4 Å². The molecule has 0 aliphatic carbocycles. The Kier molecular flexibility index (Phi) is 30.8. The van der Waals surface area contributed by atoms with Crippen LogP contribution in [0.1, 0.15) is 142 Å². The van der Waals surface area contributed by atoms with Gasteiger partial charge in [0.2, 0.25) is 0 Å². The SMILES string of the molecule is CCCCC[C@@H](CCCC[C@@H](OCOCC[Si](C)(C)C)[C@H]1CC[C@H]([C@H]2CC[C@H]([C@@H](CCCC/C=C/C#CCCCCC3=C[C@H](C)OC3=O)OCOCC[Si](C)(C)C)O2)O1)OCOCC[Si](C)(C)C. The number of hydrogen-bond acceptors (Lipinski definition) is 10. The monoisotopic (exact) mass is 1010 g/mol. The molecule has 0 aromatic carbocycles. The first-order valence-electron chi connectivity index (χ1n) is 27.4. The lowest BCUT2D eigenvalue weighted by atomic mass is 9.99. The normalized spacial score (nSPS) is 22.7. The Morgan fingerprint density at radius 1 is 0.647 bits per heavy atom. The Balaban J connectivity index is 1.49. The maximum atomic E-state index is 11.8. The Morgan fingerprint density at radius 2 is 1.15 bits per heavy atom. The van der Waals surface area contributed by atoms with E-state index >= 15 is 0 Å². The van der Waals surface area contributed by atoms with Crippen LogP contribution in [0.2, 0.25) is 77.1 Å². The van der Waals surface area contributed by atoms with Gasteiger partial charge in [0.05, 0.1) is 42.7 Å². The first-order valence-corrected chi connectivity index (χ1v) is 38.5. The molecular weight excluding hydrogens is 905 g/mol. The van der Waals surface area contributed by atoms with Gasteiger partial charge in [-0.15, -0.1) is 0 Å². The molecule has 0 radical (unpaired) electrons. The van der Waals surface area contributed by atoms with Crippen LogP contribution in [-0.2, 0) is 47.4 Å². The number of rotatable bonds is 39. The standard InChI is InChI=1S/C55H102O10Si3/c1-12-13-22-28-48(60-43-57-36-39-66(3,4)5)29-25-26-31-50(62-45-59-38-41-68(9,10)11)52-33-35-54(65-52)53-34-32-51(64-53)49(61-44-58-37-40-67(6,7)8)30-24-21-19-17-15-14-16-18-20-23-27-47-42-46(2)63-55(47)56/h15,17,42,46,48-54H,12-13,18-41,43-45H2,1-11H3/b17-15+/t46-,48-,49+,50+,51+,52+,53+,54+/m0/s1. The number of esters is 1. The van der Waals surface area contributed by atoms with E-state index in [1.165, 1.54) is 25.3 Å². The number of hydrogen-bond donors (Lipinski definition) is 0. The summed E-state index contributed by atoms with van der Waals surface area (Å²) in [5.41, 5.74) is 0.812. The van der Waals surface area contributed by atoms with Crippen LogP contribution in [0.15, 0.2) is 23.8 Å². The highest BCUT2D eigenvalue weighted by Gasteiger charge is 2.42. The fourth-order valence-electron chi connectivity index (χ4n) is 8.83. The average Bonchev–Trinajstić information content (AvgIpc) is 4.02. The molecule has 8 atom stereocenters. The molecule has 10 nitrogen and oxygen atoms in total. The van der Waals surface area contributed by atoms with Gasteiger partial charge in [-0.25, -0.2) is 4.79 Å². The van der Waals surface area contributed by atoms with E-state index in [2.05, 4.69) is 83.8 Å². The molecule has 0 aromatic heterocycles. The second-order valence-electron chi connectivity index (χ2n) is 23.6. The second-order valence-corrected chi connectivity index (χ2v) is 40.5. The van der Waals surface area contributed by atoms with Crippen molar-refractivity contribution in [3.8, 4) is 11.8 Å². The number of unbranched alkanes of at least 4 members (excludes halogenated alkanes) is 7. The fourth-order valence-corrected chi connectivity index (χ4v) is 11.1. The molecule has 0 unspecified atom stereocenters. The lowest BCUT2D eigenvalue weighted by molar-refractivity contribution is -0.162. The van der Waals surface area contributed by atoms with E-state index in [9.17, 15) is 4.79 Å². The molecule has 0 aromatic rings. The Morgan fingerprint density at radius 3 is 1.65 bits per heavy atom. The number of carbonyl (C=O) groups is 1. The Hall–Kier alpha value is -1.16. The molecule has 13 heteroatoms. The first-order chi connectivity index (χ1) is 32.4. The van der Waals surface area contributed by atoms with Crippen LogP contribution in [0.25, 0.3) is 0 Å². The summed E-state index contributed by atoms with van der Waals surface area (Å²) in [6.45, 7) is 29.0. The summed E-state index contributed by atoms with van der Waals surface area (Å²) < 4.78 is 56.4. The molecular formula is C55H102O10Si3. The van der Waals surface area contributed by atoms with E-state index in [0.717, 1.165) is 147 Å². The molecule has 68 heavy (non-hydrogen) atoms. The lowest BCUT2D eigenvalue weighted by Gasteiger charge is -2.28. The van der Waals surface area contributed by atoms with Gasteiger partial charge in [0.15, 0.2) is 0 Å². The molecule has 3 aliphatic rings. The van der Waals surface area contributed by atoms with Gasteiger partial charge in [0.1, 0.15) is 26.5 Å². The average molecular weight is 1010 g/mol. The molecule has 3 rings (SSSR count). The van der Waals surface area contributed by atoms with Gasteiger partial charge in [-0.1, -0.05) is 122 Å². The van der Waals surface area contributed by atoms with Gasteiger partial charge in [-0.05, 0) is 121 Å². The number of cyclic esters (lactones) is 1. The minimum absolute atomic E-state index is 0.00439. The van der Waals surface area contributed by atoms with Crippen LogP contribution >= 0.6 is 0 Å². The largest absolute Gasteiger partial charge is 0.455 e. The summed E-state index contributed by atoms with van der Waals surface area (Å²) in [5, 5.41) is 0. The van der Waals surface area contributed by atoms with Gasteiger partial charge in [0, 0.05) is 56.0 Å². The van der Waals surface area contributed by atoms with Crippen molar-refractivity contribution in [1.82, 2.24) is 0 Å². The maximum Gasteiger partial charge on any atom is 0.334 e. The molecule has 2 fully saturated rings. The van der Waals surface area contributed by atoms with Crippen molar-refractivity contribution in [3.05, 3.63) is 23.8 Å². The minimum Gasteiger partial charge on any atom is -0.455 e. The first kappa shape index (κ1) is 61.1. The summed E-state index contributed by atoms with van der Waals surface area (Å²) in [6.07, 6.45) is 26.9. The zero-order valence-electron chi connectivity index (χ0n) is 45.4. The van der Waals surface area contributed by atoms with Crippen LogP contribution in [0.3, 0.4) is 0 Å². The van der Waals surface area contributed by atoms with Gasteiger partial charge in [-0.2, -0.15) is 0 Å². The summed E-state index contributed by atoms with van der Waals surface area (Å²) in [6, 6.07) is 3.43. The molecule has 2 saturated heterocycles. The zero-order valence-corrected chi connectivity index (χ0v) is 48.4. The van der Waals surface area contributed by atoms with Crippen LogP contribution < -0.4 is 0 Å². The van der Waals surface area contributed by atoms with Crippen LogP contribution in [-0.4, -0.2) is 119 Å². The summed E-state index contributed by atoms with van der Waals surface area (Å²) in [7, 11) is -3.49. The van der Waals surface area contributed by atoms with E-state index in [0.29, 0.717) is 20.4 Å². The molecule has 0 amide bonds. The zero-order chi connectivity index (χ0) is 49.7. The van der Waals surface area contributed by atoms with Crippen molar-refractivity contribution in [1.29, 1.82) is 0 Å². The maximum absolute atomic E-state index is 11.8. The van der Waals surface area contributed by atoms with Gasteiger partial charge in [0.25, 0.3) is 0 Å². The number of ether oxygens (including phenoxy) is 9. The minimum atomic E-state index is -1.19. The Labute approximate surface area is 419 Å². The highest BCUT2D eigenvalue weighted by atomic mass is 28.3. The topological polar surface area (TPSA) is 100 Å². The summed E-state index contributed by atoms with van der Waals surface area (Å²) >= 11 is 0. The molecule has 0 N–H and O–H groups in total. The number of allylic oxidation sites excluding steroid dienone is 2. The van der Waals surface area contributed by atoms with E-state index in [4.69, 9.17) is 42.6 Å². The summed E-state index contributed by atoms with van der Waals surface area (Å²) in [5.74, 6) is 6.29. The van der Waals surface area contributed by atoms with E-state index in [-0.39, 0.29) is 54.8 Å².